The largest absolute Gasteiger partial charge is 0.475 e. The first kappa shape index (κ1) is 22.1. The van der Waals surface area contributed by atoms with Gasteiger partial charge in [0.05, 0.1) is 5.94 Å². The summed E-state index contributed by atoms with van der Waals surface area (Å²) in [6.45, 7) is 0.507. The molecule has 1 aromatic heterocycles. The van der Waals surface area contributed by atoms with E-state index in [0.29, 0.717) is 31.6 Å². The molecule has 0 spiro atoms. The average Bonchev–Trinajstić information content (AvgIpc) is 3.01. The van der Waals surface area contributed by atoms with Crippen LogP contribution in [0.15, 0.2) is 36.7 Å². The summed E-state index contributed by atoms with van der Waals surface area (Å²) in [5.41, 5.74) is 6.51. The van der Waals surface area contributed by atoms with Crippen LogP contribution in [0.25, 0.3) is 0 Å². The molecule has 10 heteroatoms. The Morgan fingerprint density at radius 3 is 2.65 bits per heavy atom. The van der Waals surface area contributed by atoms with Gasteiger partial charge in [-0.15, -0.1) is 12.4 Å². The van der Waals surface area contributed by atoms with E-state index in [1.807, 2.05) is 30.3 Å². The average molecular weight is 382 g/mol. The second-order valence-corrected chi connectivity index (χ2v) is 5.89. The van der Waals surface area contributed by atoms with E-state index in [0.717, 1.165) is 12.0 Å². The van der Waals surface area contributed by atoms with Crippen LogP contribution in [0, 0.1) is 0 Å². The Morgan fingerprint density at radius 2 is 2.00 bits per heavy atom. The molecule has 0 saturated heterocycles. The van der Waals surface area contributed by atoms with Crippen molar-refractivity contribution < 1.29 is 14.8 Å². The van der Waals surface area contributed by atoms with Crippen LogP contribution in [0.3, 0.4) is 0 Å². The molecule has 2 rings (SSSR count). The topological polar surface area (TPSA) is 126 Å². The van der Waals surface area contributed by atoms with E-state index in [9.17, 15) is 14.8 Å². The van der Waals surface area contributed by atoms with Gasteiger partial charge in [0.1, 0.15) is 12.9 Å². The van der Waals surface area contributed by atoms with Crippen LogP contribution in [0.4, 0.5) is 0 Å². The predicted octanol–water partition coefficient (Wildman–Crippen LogP) is -0.0835. The summed E-state index contributed by atoms with van der Waals surface area (Å²) in [6, 6.07) is 9.82. The lowest BCUT2D eigenvalue weighted by molar-refractivity contribution is -0.122. The summed E-state index contributed by atoms with van der Waals surface area (Å²) >= 11 is 0. The van der Waals surface area contributed by atoms with Crippen LogP contribution in [-0.4, -0.2) is 50.3 Å². The van der Waals surface area contributed by atoms with Crippen molar-refractivity contribution in [2.75, 3.05) is 6.54 Å². The Hall–Kier alpha value is -1.94. The molecule has 0 fully saturated rings. The molecule has 0 radical (unpaired) electrons. The van der Waals surface area contributed by atoms with E-state index in [-0.39, 0.29) is 24.9 Å². The Balaban J connectivity index is 0.00000338. The molecule has 142 valence electrons. The molecule has 5 N–H and O–H groups in total. The van der Waals surface area contributed by atoms with E-state index in [2.05, 4.69) is 15.4 Å². The first-order valence-corrected chi connectivity index (χ1v) is 8.36. The standard InChI is InChI=1S/C16H24BN5O3.ClH/c18-9-5-4-8-14(17(24)25)20-16(23)11-22-12-19-15(21-22)10-13-6-2-1-3-7-13;/h1-3,6-7,12,14,24-25H,4-5,8-11,18H2,(H,20,23);1H/t14-;/m0./s1. The van der Waals surface area contributed by atoms with Gasteiger partial charge < -0.3 is 21.1 Å². The van der Waals surface area contributed by atoms with E-state index in [1.165, 1.54) is 11.0 Å². The van der Waals surface area contributed by atoms with Gasteiger partial charge in [-0.3, -0.25) is 4.79 Å². The summed E-state index contributed by atoms with van der Waals surface area (Å²) in [7, 11) is -1.61. The number of halogens is 1. The zero-order chi connectivity index (χ0) is 18.1. The molecule has 0 aliphatic carbocycles. The zero-order valence-electron chi connectivity index (χ0n) is 14.5. The van der Waals surface area contributed by atoms with E-state index in [4.69, 9.17) is 5.73 Å². The number of nitrogens with zero attached hydrogens (tertiary/aromatic N) is 3. The minimum Gasteiger partial charge on any atom is -0.426 e. The van der Waals surface area contributed by atoms with E-state index >= 15 is 0 Å². The van der Waals surface area contributed by atoms with Crippen LogP contribution in [0.2, 0.25) is 0 Å². The summed E-state index contributed by atoms with van der Waals surface area (Å²) < 4.78 is 1.44. The lowest BCUT2D eigenvalue weighted by Crippen LogP contribution is -2.47. The molecule has 1 atom stereocenters. The van der Waals surface area contributed by atoms with Gasteiger partial charge >= 0.3 is 7.12 Å². The third-order valence-electron chi connectivity index (χ3n) is 3.77. The van der Waals surface area contributed by atoms with Crippen LogP contribution in [-0.2, 0) is 17.8 Å². The maximum atomic E-state index is 12.1. The van der Waals surface area contributed by atoms with Gasteiger partial charge in [0, 0.05) is 6.42 Å². The number of nitrogens with two attached hydrogens (primary N) is 1. The van der Waals surface area contributed by atoms with Crippen LogP contribution in [0.5, 0.6) is 0 Å². The van der Waals surface area contributed by atoms with Crippen LogP contribution < -0.4 is 11.1 Å². The molecule has 1 amide bonds. The number of amides is 1. The van der Waals surface area contributed by atoms with Crippen LogP contribution in [0.1, 0.15) is 30.7 Å². The van der Waals surface area contributed by atoms with Crippen molar-refractivity contribution in [3.05, 3.63) is 48.0 Å². The smallest absolute Gasteiger partial charge is 0.426 e. The molecule has 0 unspecified atom stereocenters. The monoisotopic (exact) mass is 381 g/mol. The van der Waals surface area contributed by atoms with Crippen LogP contribution >= 0.6 is 12.4 Å². The number of hydrogen-bond donors (Lipinski definition) is 4. The molecule has 0 aliphatic heterocycles. The Morgan fingerprint density at radius 1 is 1.27 bits per heavy atom. The molecular formula is C16H25BClN5O3. The van der Waals surface area contributed by atoms with Crippen molar-refractivity contribution in [2.24, 2.45) is 5.73 Å². The van der Waals surface area contributed by atoms with Crippen molar-refractivity contribution in [3.63, 3.8) is 0 Å². The molecule has 0 aliphatic rings. The van der Waals surface area contributed by atoms with Crippen molar-refractivity contribution in [1.29, 1.82) is 0 Å². The molecular weight excluding hydrogens is 356 g/mol. The SMILES string of the molecule is Cl.NCCCC[C@H](NC(=O)Cn1cnc(Cc2ccccc2)n1)B(O)O. The first-order valence-electron chi connectivity index (χ1n) is 8.36. The minimum atomic E-state index is -1.61. The fraction of sp³-hybridized carbons (Fsp3) is 0.438. The maximum Gasteiger partial charge on any atom is 0.475 e. The van der Waals surface area contributed by atoms with Gasteiger partial charge in [0.25, 0.3) is 0 Å². The number of rotatable bonds is 10. The summed E-state index contributed by atoms with van der Waals surface area (Å²) in [6.07, 6.45) is 4.02. The second kappa shape index (κ2) is 11.6. The lowest BCUT2D eigenvalue weighted by Gasteiger charge is -2.17. The lowest BCUT2D eigenvalue weighted by atomic mass is 9.76. The van der Waals surface area contributed by atoms with Gasteiger partial charge in [0.2, 0.25) is 5.91 Å². The molecule has 1 aromatic carbocycles. The Kier molecular flexibility index (Phi) is 9.89. The highest BCUT2D eigenvalue weighted by molar-refractivity contribution is 6.43. The fourth-order valence-corrected chi connectivity index (χ4v) is 2.47. The molecule has 0 saturated carbocycles. The predicted molar refractivity (Wildman–Crippen MR) is 102 cm³/mol. The second-order valence-electron chi connectivity index (χ2n) is 5.89. The van der Waals surface area contributed by atoms with E-state index < -0.39 is 13.1 Å². The van der Waals surface area contributed by atoms with Crippen molar-refractivity contribution in [1.82, 2.24) is 20.1 Å². The van der Waals surface area contributed by atoms with Gasteiger partial charge in [-0.25, -0.2) is 9.67 Å². The van der Waals surface area contributed by atoms with Gasteiger partial charge in [-0.05, 0) is 24.9 Å². The number of benzene rings is 1. The van der Waals surface area contributed by atoms with Gasteiger partial charge in [-0.1, -0.05) is 36.8 Å². The van der Waals surface area contributed by atoms with Crippen molar-refractivity contribution >= 4 is 25.4 Å². The van der Waals surface area contributed by atoms with Crippen molar-refractivity contribution in [3.8, 4) is 0 Å². The van der Waals surface area contributed by atoms with Gasteiger partial charge in [0.15, 0.2) is 5.82 Å². The summed E-state index contributed by atoms with van der Waals surface area (Å²) in [4.78, 5) is 16.3. The maximum absolute atomic E-state index is 12.1. The number of nitrogens with one attached hydrogen (secondary N) is 1. The Labute approximate surface area is 159 Å². The quantitative estimate of drug-likeness (QED) is 0.337. The molecule has 2 aromatic rings. The highest BCUT2D eigenvalue weighted by Gasteiger charge is 2.24. The highest BCUT2D eigenvalue weighted by atomic mass is 35.5. The number of hydrogen-bond acceptors (Lipinski definition) is 6. The molecule has 8 nitrogen and oxygen atoms in total. The van der Waals surface area contributed by atoms with Crippen molar-refractivity contribution in [2.45, 2.75) is 38.2 Å². The minimum absolute atomic E-state index is 0. The number of unbranched alkanes of at least 4 members (excludes halogenated alkanes) is 1. The number of carbonyl (C=O) groups excluding carboxylic acids is 1. The number of carbonyl (C=O) groups is 1. The first-order chi connectivity index (χ1) is 12.1. The third-order valence-corrected chi connectivity index (χ3v) is 3.77. The fourth-order valence-electron chi connectivity index (χ4n) is 2.47. The zero-order valence-corrected chi connectivity index (χ0v) is 15.3. The van der Waals surface area contributed by atoms with E-state index in [1.54, 1.807) is 0 Å². The number of aromatic nitrogens is 3. The normalized spacial score (nSPS) is 11.5. The summed E-state index contributed by atoms with van der Waals surface area (Å²) in [5.74, 6) is -0.436. The highest BCUT2D eigenvalue weighted by Crippen LogP contribution is 2.05. The molecule has 0 bridgehead atoms. The molecule has 26 heavy (non-hydrogen) atoms. The molecule has 1 heterocycles. The van der Waals surface area contributed by atoms with Gasteiger partial charge in [-0.2, -0.15) is 5.10 Å². The Bertz CT molecular complexity index is 656. The third kappa shape index (κ3) is 7.53. The summed E-state index contributed by atoms with van der Waals surface area (Å²) in [5, 5.41) is 25.6.